The number of hydrogen-bond acceptors (Lipinski definition) is 10. The quantitative estimate of drug-likeness (QED) is 0.165. The maximum absolute atomic E-state index is 14.1. The van der Waals surface area contributed by atoms with Crippen molar-refractivity contribution in [2.45, 2.75) is 42.7 Å². The maximum atomic E-state index is 14.1. The van der Waals surface area contributed by atoms with E-state index in [0.29, 0.717) is 0 Å². The average Bonchev–Trinajstić information content (AvgIpc) is 3.35. The van der Waals surface area contributed by atoms with Crippen molar-refractivity contribution in [3.8, 4) is 5.75 Å². The number of nitrogens with zero attached hydrogens (tertiary/aromatic N) is 2. The lowest BCUT2D eigenvalue weighted by atomic mass is 10.1. The molecule has 3 aromatic carbocycles. The van der Waals surface area contributed by atoms with Crippen molar-refractivity contribution < 1.29 is 28.3 Å². The first kappa shape index (κ1) is 29.8. The van der Waals surface area contributed by atoms with Crippen molar-refractivity contribution in [3.05, 3.63) is 101 Å². The molecule has 0 saturated carbocycles. The molecule has 1 fully saturated rings. The summed E-state index contributed by atoms with van der Waals surface area (Å²) < 4.78 is 32.6. The molecule has 0 radical (unpaired) electrons. The van der Waals surface area contributed by atoms with Crippen LogP contribution in [0.5, 0.6) is 5.75 Å². The zero-order chi connectivity index (χ0) is 29.7. The molecule has 2 heterocycles. The Morgan fingerprint density at radius 1 is 1.14 bits per heavy atom. The highest BCUT2D eigenvalue weighted by Crippen LogP contribution is 2.48. The summed E-state index contributed by atoms with van der Waals surface area (Å²) in [5.41, 5.74) is 5.87. The van der Waals surface area contributed by atoms with Gasteiger partial charge in [0.25, 0.3) is 0 Å². The number of aromatic nitrogens is 2. The second-order valence-electron chi connectivity index (χ2n) is 9.81. The van der Waals surface area contributed by atoms with Crippen LogP contribution in [0.25, 0.3) is 10.8 Å². The van der Waals surface area contributed by atoms with Crippen molar-refractivity contribution >= 4 is 42.1 Å². The number of fused-ring (bicyclic) bond motifs is 1. The van der Waals surface area contributed by atoms with Crippen molar-refractivity contribution in [1.82, 2.24) is 14.6 Å². The van der Waals surface area contributed by atoms with Gasteiger partial charge in [-0.2, -0.15) is 10.1 Å². The predicted molar refractivity (Wildman–Crippen MR) is 161 cm³/mol. The van der Waals surface area contributed by atoms with Crippen LogP contribution < -0.4 is 21.0 Å². The van der Waals surface area contributed by atoms with E-state index in [2.05, 4.69) is 10.1 Å². The third kappa shape index (κ3) is 7.39. The summed E-state index contributed by atoms with van der Waals surface area (Å²) >= 11 is 1.28. The molecule has 1 aliphatic heterocycles. The number of ether oxygens (including phenoxy) is 1. The minimum Gasteiger partial charge on any atom is -0.460 e. The molecular weight excluding hydrogens is 579 g/mol. The van der Waals surface area contributed by atoms with Crippen LogP contribution in [0.2, 0.25) is 0 Å². The zero-order valence-electron chi connectivity index (χ0n) is 22.7. The maximum Gasteiger partial charge on any atom is 0.459 e. The van der Waals surface area contributed by atoms with E-state index in [1.165, 1.54) is 35.5 Å². The average molecular weight is 611 g/mol. The standard InChI is InChI=1S/C29H31N4O7PS/c1-19(28(35)38-17-20-7-3-2-4-8-20)32-41(37,40-23-12-11-21-9-5-6-10-22(21)15-23)39-18-25-24(34)16-27(42-25)33-14-13-26(30)31-29(33)36/h2-15,19,24-25,27,34H,16-18H2,1H3,(H,32,37)(H2,30,31,36)/t19-,24?,25+,27+,41?/m0/s1. The molecule has 0 bridgehead atoms. The van der Waals surface area contributed by atoms with Crippen LogP contribution in [0.15, 0.2) is 89.9 Å². The number of carbonyl (C=O) groups is 1. The summed E-state index contributed by atoms with van der Waals surface area (Å²) in [7, 11) is -4.18. The number of aliphatic hydroxyl groups is 1. The van der Waals surface area contributed by atoms with Gasteiger partial charge in [-0.1, -0.05) is 60.7 Å². The molecular formula is C29H31N4O7PS. The summed E-state index contributed by atoms with van der Waals surface area (Å²) in [6, 6.07) is 22.5. The van der Waals surface area contributed by atoms with Crippen molar-refractivity contribution in [3.63, 3.8) is 0 Å². The number of anilines is 1. The van der Waals surface area contributed by atoms with E-state index >= 15 is 0 Å². The SMILES string of the molecule is C[C@H](NP(=O)(OC[C@H]1S[C@@H](n2ccc(N)nc2=O)CC1O)Oc1ccc2ccccc2c1)C(=O)OCc1ccccc1. The van der Waals surface area contributed by atoms with E-state index in [9.17, 15) is 19.3 Å². The number of rotatable bonds is 11. The van der Waals surface area contributed by atoms with Gasteiger partial charge in [-0.3, -0.25) is 13.9 Å². The Labute approximate surface area is 246 Å². The lowest BCUT2D eigenvalue weighted by Crippen LogP contribution is -2.36. The molecule has 0 aliphatic carbocycles. The Morgan fingerprint density at radius 2 is 1.88 bits per heavy atom. The van der Waals surface area contributed by atoms with E-state index in [1.54, 1.807) is 12.1 Å². The summed E-state index contributed by atoms with van der Waals surface area (Å²) in [6.45, 7) is 1.36. The Morgan fingerprint density at radius 3 is 2.64 bits per heavy atom. The van der Waals surface area contributed by atoms with Gasteiger partial charge in [0, 0.05) is 12.6 Å². The Balaban J connectivity index is 1.30. The first-order valence-electron chi connectivity index (χ1n) is 13.3. The van der Waals surface area contributed by atoms with Crippen LogP contribution in [0.4, 0.5) is 5.82 Å². The molecule has 5 rings (SSSR count). The van der Waals surface area contributed by atoms with Crippen molar-refractivity contribution in [2.24, 2.45) is 0 Å². The molecule has 0 amide bonds. The van der Waals surface area contributed by atoms with Crippen LogP contribution >= 0.6 is 19.5 Å². The number of esters is 1. The zero-order valence-corrected chi connectivity index (χ0v) is 24.4. The Hall–Kier alpha value is -3.67. The van der Waals surface area contributed by atoms with Gasteiger partial charge in [-0.25, -0.2) is 9.36 Å². The number of nitrogens with two attached hydrogens (primary N) is 1. The fourth-order valence-corrected chi connectivity index (χ4v) is 7.50. The predicted octanol–water partition coefficient (Wildman–Crippen LogP) is 4.27. The van der Waals surface area contributed by atoms with Gasteiger partial charge in [0.2, 0.25) is 0 Å². The number of aliphatic hydroxyl groups excluding tert-OH is 1. The van der Waals surface area contributed by atoms with E-state index in [4.69, 9.17) is 19.5 Å². The third-order valence-corrected chi connectivity index (χ3v) is 9.83. The van der Waals surface area contributed by atoms with Crippen LogP contribution in [0.1, 0.15) is 24.3 Å². The highest BCUT2D eigenvalue weighted by molar-refractivity contribution is 8.00. The largest absolute Gasteiger partial charge is 0.460 e. The van der Waals surface area contributed by atoms with E-state index in [1.807, 2.05) is 60.7 Å². The fourth-order valence-electron chi connectivity index (χ4n) is 4.45. The summed E-state index contributed by atoms with van der Waals surface area (Å²) in [5.74, 6) is -0.268. The first-order chi connectivity index (χ1) is 20.2. The van der Waals surface area contributed by atoms with Gasteiger partial charge >= 0.3 is 19.4 Å². The van der Waals surface area contributed by atoms with Gasteiger partial charge in [0.1, 0.15) is 24.2 Å². The molecule has 11 nitrogen and oxygen atoms in total. The minimum atomic E-state index is -4.18. The summed E-state index contributed by atoms with van der Waals surface area (Å²) in [4.78, 5) is 28.8. The number of hydrogen-bond donors (Lipinski definition) is 3. The molecule has 5 atom stereocenters. The van der Waals surface area contributed by atoms with E-state index < -0.39 is 42.2 Å². The van der Waals surface area contributed by atoms with Gasteiger partial charge < -0.3 is 20.1 Å². The van der Waals surface area contributed by atoms with Crippen LogP contribution in [-0.2, 0) is 25.2 Å². The Kier molecular flexibility index (Phi) is 9.30. The van der Waals surface area contributed by atoms with Crippen molar-refractivity contribution in [1.29, 1.82) is 0 Å². The Bertz CT molecular complexity index is 1650. The second kappa shape index (κ2) is 13.1. The molecule has 42 heavy (non-hydrogen) atoms. The normalized spacial score (nSPS) is 20.6. The van der Waals surface area contributed by atoms with Crippen LogP contribution in [0, 0.1) is 0 Å². The fraction of sp³-hybridized carbons (Fsp3) is 0.276. The topological polar surface area (TPSA) is 155 Å². The smallest absolute Gasteiger partial charge is 0.459 e. The van der Waals surface area contributed by atoms with Crippen LogP contribution in [-0.4, -0.2) is 44.6 Å². The molecule has 1 saturated heterocycles. The highest BCUT2D eigenvalue weighted by atomic mass is 32.2. The molecule has 4 N–H and O–H groups in total. The molecule has 1 aliphatic rings. The number of benzene rings is 3. The molecule has 1 aromatic heterocycles. The van der Waals surface area contributed by atoms with E-state index in [-0.39, 0.29) is 31.2 Å². The molecule has 220 valence electrons. The second-order valence-corrected chi connectivity index (χ2v) is 12.9. The molecule has 2 unspecified atom stereocenters. The monoisotopic (exact) mass is 610 g/mol. The van der Waals surface area contributed by atoms with Gasteiger partial charge in [-0.05, 0) is 41.5 Å². The van der Waals surface area contributed by atoms with Crippen LogP contribution in [0.3, 0.4) is 0 Å². The molecule has 13 heteroatoms. The van der Waals surface area contributed by atoms with Gasteiger partial charge in [0.15, 0.2) is 0 Å². The number of carbonyl (C=O) groups excluding carboxylic acids is 1. The lowest BCUT2D eigenvalue weighted by molar-refractivity contribution is -0.146. The number of nitrogens with one attached hydrogen (secondary N) is 1. The van der Waals surface area contributed by atoms with E-state index in [0.717, 1.165) is 16.3 Å². The van der Waals surface area contributed by atoms with Crippen molar-refractivity contribution in [2.75, 3.05) is 12.3 Å². The summed E-state index contributed by atoms with van der Waals surface area (Å²) in [5, 5.41) is 14.3. The van der Waals surface area contributed by atoms with Gasteiger partial charge in [0.05, 0.1) is 23.3 Å². The summed E-state index contributed by atoms with van der Waals surface area (Å²) in [6.07, 6.45) is 0.901. The van der Waals surface area contributed by atoms with Gasteiger partial charge in [-0.15, -0.1) is 11.8 Å². The number of nitrogen functional groups attached to an aromatic ring is 1. The highest BCUT2D eigenvalue weighted by Gasteiger charge is 2.39. The molecule has 4 aromatic rings. The number of thioether (sulfide) groups is 1. The minimum absolute atomic E-state index is 0.0496. The first-order valence-corrected chi connectivity index (χ1v) is 15.8. The third-order valence-electron chi connectivity index (χ3n) is 6.65. The molecule has 0 spiro atoms. The lowest BCUT2D eigenvalue weighted by Gasteiger charge is -2.24.